The van der Waals surface area contributed by atoms with Gasteiger partial charge in [0.25, 0.3) is 0 Å². The Balaban J connectivity index is 2.32. The summed E-state index contributed by atoms with van der Waals surface area (Å²) in [5.41, 5.74) is 0.789. The van der Waals surface area contributed by atoms with E-state index in [0.29, 0.717) is 26.7 Å². The van der Waals surface area contributed by atoms with Crippen molar-refractivity contribution >= 4 is 68.1 Å². The number of aromatic nitrogens is 1. The number of halogens is 4. The van der Waals surface area contributed by atoms with Crippen molar-refractivity contribution in [2.75, 3.05) is 17.2 Å². The van der Waals surface area contributed by atoms with E-state index >= 15 is 0 Å². The summed E-state index contributed by atoms with van der Waals surface area (Å²) >= 11 is 21.6. The molecule has 0 aliphatic carbocycles. The monoisotopic (exact) mass is 393 g/mol. The van der Waals surface area contributed by atoms with Crippen LogP contribution in [0, 0.1) is 0 Å². The minimum atomic E-state index is 0.440. The quantitative estimate of drug-likeness (QED) is 0.669. The molecule has 0 aliphatic rings. The van der Waals surface area contributed by atoms with Crippen molar-refractivity contribution in [1.82, 2.24) is 4.98 Å². The van der Waals surface area contributed by atoms with Crippen molar-refractivity contribution in [2.24, 2.45) is 0 Å². The van der Waals surface area contributed by atoms with Crippen molar-refractivity contribution in [3.8, 4) is 0 Å². The number of nitrogens with one attached hydrogen (secondary N) is 2. The van der Waals surface area contributed by atoms with E-state index in [0.717, 1.165) is 16.7 Å². The zero-order valence-electron chi connectivity index (χ0n) is 10.5. The van der Waals surface area contributed by atoms with Gasteiger partial charge in [-0.25, -0.2) is 4.98 Å². The summed E-state index contributed by atoms with van der Waals surface area (Å²) in [6.45, 7) is 2.69. The third-order valence-corrected chi connectivity index (χ3v) is 4.26. The molecule has 0 spiro atoms. The molecular formula is C13H11BrCl3N3. The van der Waals surface area contributed by atoms with Crippen LogP contribution in [0.2, 0.25) is 15.1 Å². The van der Waals surface area contributed by atoms with Crippen LogP contribution in [0.5, 0.6) is 0 Å². The Hall–Kier alpha value is -0.680. The van der Waals surface area contributed by atoms with E-state index in [1.165, 1.54) is 0 Å². The fourth-order valence-electron chi connectivity index (χ4n) is 1.56. The minimum Gasteiger partial charge on any atom is -0.369 e. The Morgan fingerprint density at radius 3 is 2.40 bits per heavy atom. The van der Waals surface area contributed by atoms with Gasteiger partial charge in [0.1, 0.15) is 5.82 Å². The highest BCUT2D eigenvalue weighted by Crippen LogP contribution is 2.32. The SMILES string of the molecule is CCNc1nc(Nc2ccc(Br)c(Cl)c2)c(Cl)cc1Cl. The third kappa shape index (κ3) is 3.70. The molecular weight excluding hydrogens is 384 g/mol. The maximum absolute atomic E-state index is 6.14. The van der Waals surface area contributed by atoms with Gasteiger partial charge in [-0.15, -0.1) is 0 Å². The number of rotatable bonds is 4. The zero-order chi connectivity index (χ0) is 14.7. The smallest absolute Gasteiger partial charge is 0.151 e. The molecule has 0 fully saturated rings. The van der Waals surface area contributed by atoms with Crippen LogP contribution in [0.3, 0.4) is 0 Å². The first-order chi connectivity index (χ1) is 9.51. The van der Waals surface area contributed by atoms with Crippen molar-refractivity contribution in [3.05, 3.63) is 43.8 Å². The van der Waals surface area contributed by atoms with Gasteiger partial charge in [0.2, 0.25) is 0 Å². The maximum atomic E-state index is 6.14. The average molecular weight is 396 g/mol. The molecule has 2 rings (SSSR count). The molecule has 7 heteroatoms. The molecule has 106 valence electrons. The molecule has 20 heavy (non-hydrogen) atoms. The summed E-state index contributed by atoms with van der Waals surface area (Å²) in [6.07, 6.45) is 0. The van der Waals surface area contributed by atoms with Crippen LogP contribution >= 0.6 is 50.7 Å². The highest BCUT2D eigenvalue weighted by atomic mass is 79.9. The van der Waals surface area contributed by atoms with E-state index < -0.39 is 0 Å². The first-order valence-corrected chi connectivity index (χ1v) is 7.76. The van der Waals surface area contributed by atoms with Crippen molar-refractivity contribution in [3.63, 3.8) is 0 Å². The first kappa shape index (κ1) is 15.7. The second kappa shape index (κ2) is 6.85. The van der Waals surface area contributed by atoms with Crippen LogP contribution in [0.15, 0.2) is 28.7 Å². The molecule has 1 aromatic carbocycles. The molecule has 1 aromatic heterocycles. The van der Waals surface area contributed by atoms with Gasteiger partial charge in [0.05, 0.1) is 15.1 Å². The lowest BCUT2D eigenvalue weighted by Crippen LogP contribution is -2.03. The van der Waals surface area contributed by atoms with E-state index in [1.807, 2.05) is 19.1 Å². The largest absolute Gasteiger partial charge is 0.369 e. The van der Waals surface area contributed by atoms with Crippen LogP contribution in [0.4, 0.5) is 17.3 Å². The molecule has 2 N–H and O–H groups in total. The second-order valence-corrected chi connectivity index (χ2v) is 6.01. The van der Waals surface area contributed by atoms with Crippen LogP contribution in [0.1, 0.15) is 6.92 Å². The Bertz CT molecular complexity index is 634. The molecule has 0 saturated carbocycles. The highest BCUT2D eigenvalue weighted by molar-refractivity contribution is 9.10. The summed E-state index contributed by atoms with van der Waals surface area (Å²) in [4.78, 5) is 4.37. The topological polar surface area (TPSA) is 37.0 Å². The van der Waals surface area contributed by atoms with Gasteiger partial charge in [0.15, 0.2) is 5.82 Å². The molecule has 3 nitrogen and oxygen atoms in total. The van der Waals surface area contributed by atoms with Gasteiger partial charge in [-0.3, -0.25) is 0 Å². The second-order valence-electron chi connectivity index (χ2n) is 3.93. The fraction of sp³-hybridized carbons (Fsp3) is 0.154. The van der Waals surface area contributed by atoms with Crippen LogP contribution in [-0.2, 0) is 0 Å². The van der Waals surface area contributed by atoms with Crippen molar-refractivity contribution in [2.45, 2.75) is 6.92 Å². The fourth-order valence-corrected chi connectivity index (χ4v) is 2.46. The molecule has 0 aliphatic heterocycles. The molecule has 0 bridgehead atoms. The molecule has 0 atom stereocenters. The van der Waals surface area contributed by atoms with E-state index in [4.69, 9.17) is 34.8 Å². The molecule has 0 unspecified atom stereocenters. The normalized spacial score (nSPS) is 10.4. The third-order valence-electron chi connectivity index (χ3n) is 2.46. The van der Waals surface area contributed by atoms with Crippen LogP contribution in [0.25, 0.3) is 0 Å². The summed E-state index contributed by atoms with van der Waals surface area (Å²) in [5, 5.41) is 7.72. The summed E-state index contributed by atoms with van der Waals surface area (Å²) in [6, 6.07) is 7.15. The lowest BCUT2D eigenvalue weighted by molar-refractivity contribution is 1.16. The van der Waals surface area contributed by atoms with Crippen molar-refractivity contribution in [1.29, 1.82) is 0 Å². The standard InChI is InChI=1S/C13H11BrCl3N3/c1-2-18-12-10(16)6-11(17)13(20-12)19-7-3-4-8(14)9(15)5-7/h3-6H,2H2,1H3,(H2,18,19,20). The van der Waals surface area contributed by atoms with Crippen LogP contribution in [-0.4, -0.2) is 11.5 Å². The average Bonchev–Trinajstić information content (AvgIpc) is 2.39. The Kier molecular flexibility index (Phi) is 5.38. The summed E-state index contributed by atoms with van der Waals surface area (Å²) < 4.78 is 0.827. The van der Waals surface area contributed by atoms with Crippen LogP contribution < -0.4 is 10.6 Å². The van der Waals surface area contributed by atoms with E-state index in [9.17, 15) is 0 Å². The Morgan fingerprint density at radius 1 is 1.05 bits per heavy atom. The van der Waals surface area contributed by atoms with Gasteiger partial charge < -0.3 is 10.6 Å². The summed E-state index contributed by atoms with van der Waals surface area (Å²) in [5.74, 6) is 1.11. The minimum absolute atomic E-state index is 0.440. The van der Waals surface area contributed by atoms with Gasteiger partial charge in [-0.1, -0.05) is 34.8 Å². The Labute approximate surface area is 140 Å². The number of hydrogen-bond acceptors (Lipinski definition) is 3. The lowest BCUT2D eigenvalue weighted by atomic mass is 10.3. The number of pyridine rings is 1. The van der Waals surface area contributed by atoms with E-state index in [1.54, 1.807) is 12.1 Å². The molecule has 0 saturated heterocycles. The predicted octanol–water partition coefficient (Wildman–Crippen LogP) is 5.98. The van der Waals surface area contributed by atoms with Gasteiger partial charge in [-0.2, -0.15) is 0 Å². The number of hydrogen-bond donors (Lipinski definition) is 2. The highest BCUT2D eigenvalue weighted by Gasteiger charge is 2.09. The van der Waals surface area contributed by atoms with E-state index in [2.05, 4.69) is 31.5 Å². The first-order valence-electron chi connectivity index (χ1n) is 5.83. The predicted molar refractivity (Wildman–Crippen MR) is 90.9 cm³/mol. The van der Waals surface area contributed by atoms with E-state index in [-0.39, 0.29) is 0 Å². The van der Waals surface area contributed by atoms with Gasteiger partial charge in [0, 0.05) is 16.7 Å². The number of nitrogens with zero attached hydrogens (tertiary/aromatic N) is 1. The molecule has 0 radical (unpaired) electrons. The maximum Gasteiger partial charge on any atom is 0.151 e. The molecule has 1 heterocycles. The zero-order valence-corrected chi connectivity index (χ0v) is 14.3. The number of benzene rings is 1. The molecule has 0 amide bonds. The van der Waals surface area contributed by atoms with Gasteiger partial charge in [-0.05, 0) is 47.1 Å². The van der Waals surface area contributed by atoms with Crippen molar-refractivity contribution < 1.29 is 0 Å². The van der Waals surface area contributed by atoms with Gasteiger partial charge >= 0.3 is 0 Å². The number of anilines is 3. The lowest BCUT2D eigenvalue weighted by Gasteiger charge is -2.12. The summed E-state index contributed by atoms with van der Waals surface area (Å²) in [7, 11) is 0. The molecule has 2 aromatic rings. The Morgan fingerprint density at radius 2 is 1.75 bits per heavy atom.